The van der Waals surface area contributed by atoms with Crippen LogP contribution in [-0.2, 0) is 4.79 Å². The largest absolute Gasteiger partial charge is 0.427 e. The summed E-state index contributed by atoms with van der Waals surface area (Å²) in [5, 5.41) is 3.73. The summed E-state index contributed by atoms with van der Waals surface area (Å²) in [5.74, 6) is -0.493. The van der Waals surface area contributed by atoms with Gasteiger partial charge in [0.15, 0.2) is 0 Å². The average molecular weight is 435 g/mol. The molecule has 29 heavy (non-hydrogen) atoms. The van der Waals surface area contributed by atoms with Crippen molar-refractivity contribution in [3.05, 3.63) is 63.6 Å². The lowest BCUT2D eigenvalue weighted by atomic mass is 10.0. The number of ether oxygens (including phenoxy) is 1. The predicted molar refractivity (Wildman–Crippen MR) is 111 cm³/mol. The summed E-state index contributed by atoms with van der Waals surface area (Å²) in [7, 11) is 0. The van der Waals surface area contributed by atoms with E-state index >= 15 is 0 Å². The molecule has 0 saturated carbocycles. The second-order valence-electron chi connectivity index (χ2n) is 6.79. The zero-order chi connectivity index (χ0) is 21.0. The number of halogens is 2. The van der Waals surface area contributed by atoms with E-state index in [1.807, 2.05) is 0 Å². The molecule has 0 spiro atoms. The lowest BCUT2D eigenvalue weighted by Gasteiger charge is -2.32. The molecule has 1 fully saturated rings. The predicted octanol–water partition coefficient (Wildman–Crippen LogP) is 3.95. The van der Waals surface area contributed by atoms with E-state index < -0.39 is 5.97 Å². The minimum atomic E-state index is -0.438. The van der Waals surface area contributed by atoms with Crippen molar-refractivity contribution < 1.29 is 19.1 Å². The van der Waals surface area contributed by atoms with Crippen molar-refractivity contribution in [1.29, 1.82) is 0 Å². The van der Waals surface area contributed by atoms with Gasteiger partial charge in [0.2, 0.25) is 0 Å². The Morgan fingerprint density at radius 3 is 2.45 bits per heavy atom. The first-order chi connectivity index (χ1) is 13.8. The van der Waals surface area contributed by atoms with Crippen molar-refractivity contribution in [2.75, 3.05) is 13.1 Å². The van der Waals surface area contributed by atoms with Crippen molar-refractivity contribution in [2.45, 2.75) is 25.8 Å². The van der Waals surface area contributed by atoms with Gasteiger partial charge in [-0.1, -0.05) is 29.3 Å². The number of rotatable bonds is 4. The van der Waals surface area contributed by atoms with Crippen LogP contribution in [0.4, 0.5) is 0 Å². The molecule has 1 N–H and O–H groups in total. The molecule has 8 heteroatoms. The quantitative estimate of drug-likeness (QED) is 0.583. The third-order valence-electron chi connectivity index (χ3n) is 4.64. The average Bonchev–Trinajstić information content (AvgIpc) is 2.67. The highest BCUT2D eigenvalue weighted by Crippen LogP contribution is 2.22. The van der Waals surface area contributed by atoms with Gasteiger partial charge >= 0.3 is 5.97 Å². The molecule has 2 aromatic rings. The number of nitrogens with one attached hydrogen (secondary N) is 1. The maximum Gasteiger partial charge on any atom is 0.308 e. The summed E-state index contributed by atoms with van der Waals surface area (Å²) in [6, 6.07) is 11.2. The Kier molecular flexibility index (Phi) is 6.77. The van der Waals surface area contributed by atoms with Gasteiger partial charge in [-0.3, -0.25) is 14.4 Å². The second-order valence-corrected chi connectivity index (χ2v) is 7.63. The third kappa shape index (κ3) is 5.49. The van der Waals surface area contributed by atoms with E-state index in [1.54, 1.807) is 41.3 Å². The number of carbonyl (C=O) groups excluding carboxylic acids is 3. The first kappa shape index (κ1) is 21.1. The van der Waals surface area contributed by atoms with E-state index in [-0.39, 0.29) is 17.9 Å². The number of hydrogen-bond acceptors (Lipinski definition) is 4. The van der Waals surface area contributed by atoms with Crippen LogP contribution in [0, 0.1) is 0 Å². The van der Waals surface area contributed by atoms with Gasteiger partial charge in [-0.05, 0) is 49.2 Å². The van der Waals surface area contributed by atoms with E-state index in [2.05, 4.69) is 5.32 Å². The number of piperidine rings is 1. The smallest absolute Gasteiger partial charge is 0.308 e. The summed E-state index contributed by atoms with van der Waals surface area (Å²) >= 11 is 12.0. The molecule has 1 heterocycles. The molecule has 2 aromatic carbocycles. The first-order valence-corrected chi connectivity index (χ1v) is 9.93. The van der Waals surface area contributed by atoms with Crippen LogP contribution in [0.2, 0.25) is 10.0 Å². The van der Waals surface area contributed by atoms with Crippen LogP contribution in [0.1, 0.15) is 40.5 Å². The molecule has 1 saturated heterocycles. The lowest BCUT2D eigenvalue weighted by Crippen LogP contribution is -2.46. The molecular formula is C21H20Cl2N2O4. The monoisotopic (exact) mass is 434 g/mol. The van der Waals surface area contributed by atoms with Crippen molar-refractivity contribution in [3.63, 3.8) is 0 Å². The topological polar surface area (TPSA) is 75.7 Å². The molecule has 1 aliphatic heterocycles. The molecule has 0 atom stereocenters. The highest BCUT2D eigenvalue weighted by atomic mass is 35.5. The van der Waals surface area contributed by atoms with Crippen LogP contribution in [0.25, 0.3) is 0 Å². The molecule has 0 bridgehead atoms. The molecule has 1 aliphatic rings. The van der Waals surface area contributed by atoms with Gasteiger partial charge in [-0.25, -0.2) is 0 Å². The Bertz CT molecular complexity index is 940. The molecular weight excluding hydrogens is 415 g/mol. The second kappa shape index (κ2) is 9.29. The Morgan fingerprint density at radius 1 is 1.07 bits per heavy atom. The van der Waals surface area contributed by atoms with Crippen LogP contribution in [0.5, 0.6) is 5.75 Å². The van der Waals surface area contributed by atoms with Gasteiger partial charge in [0, 0.05) is 36.6 Å². The van der Waals surface area contributed by atoms with E-state index in [4.69, 9.17) is 27.9 Å². The Morgan fingerprint density at radius 2 is 1.79 bits per heavy atom. The third-order valence-corrected chi connectivity index (χ3v) is 5.18. The van der Waals surface area contributed by atoms with Gasteiger partial charge in [-0.15, -0.1) is 0 Å². The Hall–Kier alpha value is -2.57. The Balaban J connectivity index is 1.57. The Labute approximate surface area is 178 Å². The maximum atomic E-state index is 12.7. The number of carbonyl (C=O) groups is 3. The van der Waals surface area contributed by atoms with Crippen molar-refractivity contribution in [3.8, 4) is 5.75 Å². The number of esters is 1. The van der Waals surface area contributed by atoms with Crippen molar-refractivity contribution in [1.82, 2.24) is 10.2 Å². The zero-order valence-corrected chi connectivity index (χ0v) is 17.3. The van der Waals surface area contributed by atoms with Gasteiger partial charge in [-0.2, -0.15) is 0 Å². The fourth-order valence-electron chi connectivity index (χ4n) is 3.20. The normalized spacial score (nSPS) is 14.4. The molecule has 152 valence electrons. The summed E-state index contributed by atoms with van der Waals surface area (Å²) in [6.07, 6.45) is 1.26. The van der Waals surface area contributed by atoms with Crippen LogP contribution in [0.15, 0.2) is 42.5 Å². The molecule has 6 nitrogen and oxygen atoms in total. The van der Waals surface area contributed by atoms with Crippen molar-refractivity contribution >= 4 is 41.0 Å². The minimum absolute atomic E-state index is 0.0503. The molecule has 0 aliphatic carbocycles. The lowest BCUT2D eigenvalue weighted by molar-refractivity contribution is -0.131. The zero-order valence-electron chi connectivity index (χ0n) is 15.8. The van der Waals surface area contributed by atoms with Gasteiger partial charge < -0.3 is 15.0 Å². The molecule has 0 radical (unpaired) electrons. The summed E-state index contributed by atoms with van der Waals surface area (Å²) < 4.78 is 5.04. The van der Waals surface area contributed by atoms with E-state index in [9.17, 15) is 14.4 Å². The van der Waals surface area contributed by atoms with E-state index in [1.165, 1.54) is 13.0 Å². The van der Waals surface area contributed by atoms with Crippen molar-refractivity contribution in [2.24, 2.45) is 0 Å². The maximum absolute atomic E-state index is 12.7. The summed E-state index contributed by atoms with van der Waals surface area (Å²) in [4.78, 5) is 38.0. The minimum Gasteiger partial charge on any atom is -0.427 e. The highest BCUT2D eigenvalue weighted by Gasteiger charge is 2.25. The summed E-state index contributed by atoms with van der Waals surface area (Å²) in [6.45, 7) is 2.33. The molecule has 0 aromatic heterocycles. The van der Waals surface area contributed by atoms with Gasteiger partial charge in [0.1, 0.15) is 5.75 Å². The number of benzene rings is 2. The number of nitrogens with zero attached hydrogens (tertiary/aromatic N) is 1. The molecule has 0 unspecified atom stereocenters. The number of amides is 2. The van der Waals surface area contributed by atoms with E-state index in [0.29, 0.717) is 52.9 Å². The highest BCUT2D eigenvalue weighted by molar-refractivity contribution is 6.36. The molecule has 3 rings (SSSR count). The van der Waals surface area contributed by atoms with Gasteiger partial charge in [0.25, 0.3) is 11.8 Å². The number of likely N-dealkylation sites (tertiary alicyclic amines) is 1. The van der Waals surface area contributed by atoms with Gasteiger partial charge in [0.05, 0.1) is 10.6 Å². The molecule has 2 amide bonds. The fraction of sp³-hybridized carbons (Fsp3) is 0.286. The van der Waals surface area contributed by atoms with E-state index in [0.717, 1.165) is 0 Å². The fourth-order valence-corrected chi connectivity index (χ4v) is 3.70. The summed E-state index contributed by atoms with van der Waals surface area (Å²) in [5.41, 5.74) is 0.830. The van der Waals surface area contributed by atoms with Crippen LogP contribution in [0.3, 0.4) is 0 Å². The first-order valence-electron chi connectivity index (χ1n) is 9.17. The number of hydrogen-bond donors (Lipinski definition) is 1. The standard InChI is InChI=1S/C21H20Cl2N2O4/c1-13(26)29-17-4-2-3-14(11-17)21(28)25-9-7-16(8-10-25)24-20(27)18-6-5-15(22)12-19(18)23/h2-6,11-12,16H,7-10H2,1H3,(H,24,27). The SMILES string of the molecule is CC(=O)Oc1cccc(C(=O)N2CCC(NC(=O)c3ccc(Cl)cc3Cl)CC2)c1. The van der Waals surface area contributed by atoms with Crippen LogP contribution in [-0.4, -0.2) is 41.8 Å². The van der Waals surface area contributed by atoms with Crippen LogP contribution < -0.4 is 10.1 Å². The van der Waals surface area contributed by atoms with Crippen LogP contribution >= 0.6 is 23.2 Å².